The summed E-state index contributed by atoms with van der Waals surface area (Å²) in [5.74, 6) is 0.276. The number of rotatable bonds is 4. The molecule has 0 unspecified atom stereocenters. The molecule has 0 aliphatic carbocycles. The molecule has 0 saturated carbocycles. The minimum Gasteiger partial charge on any atom is -0.341 e. The molecule has 0 spiro atoms. The van der Waals surface area contributed by atoms with Crippen molar-refractivity contribution < 1.29 is 4.79 Å². The predicted molar refractivity (Wildman–Crippen MR) is 100 cm³/mol. The molecule has 0 atom stereocenters. The van der Waals surface area contributed by atoms with Gasteiger partial charge in [0.25, 0.3) is 0 Å². The molecule has 1 amide bonds. The van der Waals surface area contributed by atoms with Crippen LogP contribution in [0.5, 0.6) is 0 Å². The van der Waals surface area contributed by atoms with Crippen LogP contribution in [0.4, 0.5) is 0 Å². The first kappa shape index (κ1) is 17.7. The molecular formula is C20H28N4O. The van der Waals surface area contributed by atoms with Crippen LogP contribution in [0.25, 0.3) is 5.69 Å². The Morgan fingerprint density at radius 1 is 1.08 bits per heavy atom. The minimum atomic E-state index is 0.276. The highest BCUT2D eigenvalue weighted by molar-refractivity contribution is 5.76. The lowest BCUT2D eigenvalue weighted by atomic mass is 10.1. The number of aromatic nitrogens is 2. The molecule has 1 fully saturated rings. The summed E-state index contributed by atoms with van der Waals surface area (Å²) in [6, 6.07) is 10.5. The van der Waals surface area contributed by atoms with E-state index in [-0.39, 0.29) is 5.91 Å². The van der Waals surface area contributed by atoms with Gasteiger partial charge in [0, 0.05) is 31.7 Å². The number of carbonyl (C=O) groups excluding carboxylic acids is 1. The molecule has 1 aromatic heterocycles. The zero-order chi connectivity index (χ0) is 17.8. The normalized spacial score (nSPS) is 16.0. The van der Waals surface area contributed by atoms with Crippen LogP contribution in [0.3, 0.4) is 0 Å². The van der Waals surface area contributed by atoms with Crippen LogP contribution in [0, 0.1) is 13.8 Å². The first-order valence-electron chi connectivity index (χ1n) is 9.12. The molecule has 1 aliphatic heterocycles. The Morgan fingerprint density at radius 3 is 2.52 bits per heavy atom. The first-order valence-corrected chi connectivity index (χ1v) is 9.12. The van der Waals surface area contributed by atoms with Crippen LogP contribution in [-0.2, 0) is 11.2 Å². The zero-order valence-electron chi connectivity index (χ0n) is 15.5. The van der Waals surface area contributed by atoms with Gasteiger partial charge in [-0.2, -0.15) is 5.10 Å². The van der Waals surface area contributed by atoms with Gasteiger partial charge in [0.2, 0.25) is 5.91 Å². The number of amides is 1. The van der Waals surface area contributed by atoms with Crippen molar-refractivity contribution in [2.24, 2.45) is 0 Å². The van der Waals surface area contributed by atoms with Gasteiger partial charge in [-0.3, -0.25) is 4.79 Å². The molecule has 0 N–H and O–H groups in total. The van der Waals surface area contributed by atoms with Crippen LogP contribution < -0.4 is 0 Å². The Balaban J connectivity index is 1.56. The molecular weight excluding hydrogens is 312 g/mol. The molecule has 0 radical (unpaired) electrons. The summed E-state index contributed by atoms with van der Waals surface area (Å²) in [6.45, 7) is 7.86. The number of nitrogens with zero attached hydrogens (tertiary/aromatic N) is 4. The molecule has 1 aliphatic rings. The van der Waals surface area contributed by atoms with E-state index in [2.05, 4.69) is 54.3 Å². The fourth-order valence-electron chi connectivity index (χ4n) is 3.40. The maximum atomic E-state index is 12.5. The number of hydrogen-bond donors (Lipinski definition) is 0. The third kappa shape index (κ3) is 4.48. The minimum absolute atomic E-state index is 0.276. The topological polar surface area (TPSA) is 41.4 Å². The van der Waals surface area contributed by atoms with Crippen molar-refractivity contribution in [1.82, 2.24) is 19.6 Å². The zero-order valence-corrected chi connectivity index (χ0v) is 15.5. The molecule has 1 aromatic carbocycles. The lowest BCUT2D eigenvalue weighted by Crippen LogP contribution is -2.34. The average Bonchev–Trinajstić information content (AvgIpc) is 2.80. The summed E-state index contributed by atoms with van der Waals surface area (Å²) in [6.07, 6.45) is 2.45. The van der Waals surface area contributed by atoms with E-state index >= 15 is 0 Å². The smallest absolute Gasteiger partial charge is 0.222 e. The van der Waals surface area contributed by atoms with Crippen LogP contribution in [0.1, 0.15) is 29.8 Å². The van der Waals surface area contributed by atoms with E-state index in [9.17, 15) is 4.79 Å². The largest absolute Gasteiger partial charge is 0.341 e. The summed E-state index contributed by atoms with van der Waals surface area (Å²) in [4.78, 5) is 16.8. The average molecular weight is 340 g/mol. The lowest BCUT2D eigenvalue weighted by Gasteiger charge is -2.20. The summed E-state index contributed by atoms with van der Waals surface area (Å²) >= 11 is 0. The third-order valence-electron chi connectivity index (χ3n) is 4.89. The Morgan fingerprint density at radius 2 is 1.84 bits per heavy atom. The second-order valence-electron chi connectivity index (χ2n) is 7.04. The molecule has 2 aromatic rings. The number of likely N-dealkylation sites (N-methyl/N-ethyl adjacent to an activating group) is 1. The number of carbonyl (C=O) groups is 1. The van der Waals surface area contributed by atoms with E-state index in [1.54, 1.807) is 0 Å². The highest BCUT2D eigenvalue weighted by Crippen LogP contribution is 2.14. The Labute approximate surface area is 150 Å². The highest BCUT2D eigenvalue weighted by Gasteiger charge is 2.17. The molecule has 134 valence electrons. The standard InChI is InChI=1S/C20H28N4O/c1-16-15-17(2)24(21-16)19-8-5-18(6-9-19)7-10-20(25)23-12-4-11-22(3)13-14-23/h5-6,8-9,15H,4,7,10-14H2,1-3H3. The Kier molecular flexibility index (Phi) is 5.53. The van der Waals surface area contributed by atoms with Gasteiger partial charge in [0.1, 0.15) is 0 Å². The molecule has 5 heteroatoms. The van der Waals surface area contributed by atoms with Gasteiger partial charge in [0.05, 0.1) is 11.4 Å². The Bertz CT molecular complexity index is 720. The van der Waals surface area contributed by atoms with Gasteiger partial charge in [0.15, 0.2) is 0 Å². The van der Waals surface area contributed by atoms with Crippen LogP contribution in [0.15, 0.2) is 30.3 Å². The van der Waals surface area contributed by atoms with Gasteiger partial charge in [-0.25, -0.2) is 4.68 Å². The maximum absolute atomic E-state index is 12.5. The second-order valence-corrected chi connectivity index (χ2v) is 7.04. The van der Waals surface area contributed by atoms with Crippen molar-refractivity contribution in [3.05, 3.63) is 47.3 Å². The summed E-state index contributed by atoms with van der Waals surface area (Å²) < 4.78 is 1.96. The second kappa shape index (κ2) is 7.83. The van der Waals surface area contributed by atoms with Crippen LogP contribution in [-0.4, -0.2) is 58.7 Å². The van der Waals surface area contributed by atoms with Crippen molar-refractivity contribution >= 4 is 5.91 Å². The first-order chi connectivity index (χ1) is 12.0. The van der Waals surface area contributed by atoms with E-state index < -0.39 is 0 Å². The van der Waals surface area contributed by atoms with Crippen molar-refractivity contribution in [3.63, 3.8) is 0 Å². The SMILES string of the molecule is Cc1cc(C)n(-c2ccc(CCC(=O)N3CCCN(C)CC3)cc2)n1. The lowest BCUT2D eigenvalue weighted by molar-refractivity contribution is -0.131. The van der Waals surface area contributed by atoms with Crippen LogP contribution >= 0.6 is 0 Å². The molecule has 5 nitrogen and oxygen atoms in total. The highest BCUT2D eigenvalue weighted by atomic mass is 16.2. The van der Waals surface area contributed by atoms with E-state index in [0.717, 1.165) is 56.1 Å². The fraction of sp³-hybridized carbons (Fsp3) is 0.500. The summed E-state index contributed by atoms with van der Waals surface area (Å²) in [7, 11) is 2.12. The van der Waals surface area contributed by atoms with E-state index in [1.165, 1.54) is 5.56 Å². The van der Waals surface area contributed by atoms with Gasteiger partial charge >= 0.3 is 0 Å². The van der Waals surface area contributed by atoms with Crippen LogP contribution in [0.2, 0.25) is 0 Å². The molecule has 1 saturated heterocycles. The summed E-state index contributed by atoms with van der Waals surface area (Å²) in [5, 5.41) is 4.51. The predicted octanol–water partition coefficient (Wildman–Crippen LogP) is 2.59. The van der Waals surface area contributed by atoms with E-state index in [4.69, 9.17) is 0 Å². The van der Waals surface area contributed by atoms with Crippen molar-refractivity contribution in [1.29, 1.82) is 0 Å². The van der Waals surface area contributed by atoms with Gasteiger partial charge in [-0.15, -0.1) is 0 Å². The van der Waals surface area contributed by atoms with Gasteiger partial charge < -0.3 is 9.80 Å². The van der Waals surface area contributed by atoms with E-state index in [0.29, 0.717) is 6.42 Å². The number of benzene rings is 1. The van der Waals surface area contributed by atoms with Crippen molar-refractivity contribution in [3.8, 4) is 5.69 Å². The van der Waals surface area contributed by atoms with Gasteiger partial charge in [-0.05, 0) is 64.0 Å². The quantitative estimate of drug-likeness (QED) is 0.859. The third-order valence-corrected chi connectivity index (χ3v) is 4.89. The Hall–Kier alpha value is -2.14. The molecule has 3 rings (SSSR count). The molecule has 2 heterocycles. The molecule has 25 heavy (non-hydrogen) atoms. The number of hydrogen-bond acceptors (Lipinski definition) is 3. The fourth-order valence-corrected chi connectivity index (χ4v) is 3.40. The molecule has 0 bridgehead atoms. The van der Waals surface area contributed by atoms with Crippen molar-refractivity contribution in [2.45, 2.75) is 33.1 Å². The maximum Gasteiger partial charge on any atom is 0.222 e. The number of aryl methyl sites for hydroxylation is 3. The monoisotopic (exact) mass is 340 g/mol. The van der Waals surface area contributed by atoms with Gasteiger partial charge in [-0.1, -0.05) is 12.1 Å². The van der Waals surface area contributed by atoms with E-state index in [1.807, 2.05) is 16.5 Å². The van der Waals surface area contributed by atoms with Crippen molar-refractivity contribution in [2.75, 3.05) is 33.2 Å². The summed E-state index contributed by atoms with van der Waals surface area (Å²) in [5.41, 5.74) is 4.42.